The van der Waals surface area contributed by atoms with Gasteiger partial charge in [0.1, 0.15) is 5.65 Å². The largest absolute Gasteiger partial charge is 0.371 e. The van der Waals surface area contributed by atoms with E-state index in [1.54, 1.807) is 0 Å². The molecule has 0 fully saturated rings. The summed E-state index contributed by atoms with van der Waals surface area (Å²) in [5.74, 6) is 0. The number of fused-ring (bicyclic) bond motifs is 2. The van der Waals surface area contributed by atoms with E-state index in [1.165, 1.54) is 11.1 Å². The van der Waals surface area contributed by atoms with Gasteiger partial charge in [0.05, 0.1) is 29.6 Å². The van der Waals surface area contributed by atoms with Crippen LogP contribution in [0.4, 0.5) is 0 Å². The first kappa shape index (κ1) is 17.8. The lowest BCUT2D eigenvalue weighted by atomic mass is 9.99. The molecule has 1 aliphatic rings. The minimum atomic E-state index is 0.169. The van der Waals surface area contributed by atoms with Gasteiger partial charge in [0.25, 0.3) is 0 Å². The molecule has 0 bridgehead atoms. The fraction of sp³-hybridized carbons (Fsp3) is 0.200. The van der Waals surface area contributed by atoms with Crippen molar-refractivity contribution < 1.29 is 4.74 Å². The van der Waals surface area contributed by atoms with Crippen LogP contribution < -0.4 is 0 Å². The van der Waals surface area contributed by atoms with Crippen LogP contribution in [0, 0.1) is 0 Å². The fourth-order valence-corrected chi connectivity index (χ4v) is 3.87. The zero-order valence-electron chi connectivity index (χ0n) is 16.6. The van der Waals surface area contributed by atoms with E-state index < -0.39 is 0 Å². The lowest BCUT2D eigenvalue weighted by Crippen LogP contribution is -2.16. The monoisotopic (exact) mass is 381 g/mol. The third-order valence-electron chi connectivity index (χ3n) is 5.25. The van der Waals surface area contributed by atoms with Crippen LogP contribution in [0.5, 0.6) is 0 Å². The molecule has 4 heteroatoms. The maximum absolute atomic E-state index is 5.88. The number of hydrogen-bond acceptors (Lipinski definition) is 3. The molecule has 1 atom stereocenters. The maximum Gasteiger partial charge on any atom is 0.137 e. The molecule has 3 aromatic heterocycles. The third-order valence-corrected chi connectivity index (χ3v) is 5.25. The van der Waals surface area contributed by atoms with E-state index in [4.69, 9.17) is 4.74 Å². The van der Waals surface area contributed by atoms with Gasteiger partial charge in [-0.05, 0) is 61.7 Å². The summed E-state index contributed by atoms with van der Waals surface area (Å²) in [6.07, 6.45) is 13.7. The zero-order chi connectivity index (χ0) is 19.8. The molecule has 0 radical (unpaired) electrons. The molecule has 0 saturated heterocycles. The predicted molar refractivity (Wildman–Crippen MR) is 118 cm³/mol. The molecule has 1 aliphatic carbocycles. The number of nitrogens with zero attached hydrogens (tertiary/aromatic N) is 3. The normalized spacial score (nSPS) is 16.7. The van der Waals surface area contributed by atoms with Crippen molar-refractivity contribution in [1.82, 2.24) is 14.4 Å². The standard InChI is InChI=1S/C25H23N3O/c1-17(2)29-22-8-5-18(6-9-22)19-11-13-28-24(16-27-25(28)15-19)21-7-10-23-20(14-21)4-3-12-26-23/h3-8,10-17,22H,9H2,1-2H3. The van der Waals surface area contributed by atoms with E-state index in [0.717, 1.165) is 34.2 Å². The molecule has 1 aromatic carbocycles. The average Bonchev–Trinajstić information content (AvgIpc) is 3.17. The van der Waals surface area contributed by atoms with Crippen LogP contribution in [-0.2, 0) is 4.74 Å². The SMILES string of the molecule is CC(C)OC1C=CC(c2ccn3c(-c4ccc5ncccc5c4)cnc3c2)=CC1. The van der Waals surface area contributed by atoms with Gasteiger partial charge in [0.15, 0.2) is 0 Å². The average molecular weight is 381 g/mol. The topological polar surface area (TPSA) is 39.4 Å². The highest BCUT2D eigenvalue weighted by Gasteiger charge is 2.13. The highest BCUT2D eigenvalue weighted by Crippen LogP contribution is 2.28. The van der Waals surface area contributed by atoms with Crippen LogP contribution in [0.15, 0.2) is 79.3 Å². The molecule has 0 spiro atoms. The van der Waals surface area contributed by atoms with Crippen LogP contribution in [0.25, 0.3) is 33.4 Å². The molecular formula is C25H23N3O. The lowest BCUT2D eigenvalue weighted by Gasteiger charge is -2.19. The Morgan fingerprint density at radius 3 is 2.83 bits per heavy atom. The second-order valence-corrected chi connectivity index (χ2v) is 7.68. The number of hydrogen-bond donors (Lipinski definition) is 0. The summed E-state index contributed by atoms with van der Waals surface area (Å²) < 4.78 is 8.01. The van der Waals surface area contributed by atoms with Crippen molar-refractivity contribution in [3.05, 3.63) is 84.8 Å². The Hall–Kier alpha value is -3.24. The molecule has 144 valence electrons. The summed E-state index contributed by atoms with van der Waals surface area (Å²) in [7, 11) is 0. The minimum absolute atomic E-state index is 0.169. The molecule has 4 nitrogen and oxygen atoms in total. The summed E-state index contributed by atoms with van der Waals surface area (Å²) in [6.45, 7) is 4.14. The first-order chi connectivity index (χ1) is 14.2. The summed E-state index contributed by atoms with van der Waals surface area (Å²) in [5.41, 5.74) is 6.56. The van der Waals surface area contributed by atoms with Crippen LogP contribution in [0.3, 0.4) is 0 Å². The van der Waals surface area contributed by atoms with E-state index in [-0.39, 0.29) is 12.2 Å². The molecule has 3 heterocycles. The summed E-state index contributed by atoms with van der Waals surface area (Å²) >= 11 is 0. The predicted octanol–water partition coefficient (Wildman–Crippen LogP) is 5.69. The van der Waals surface area contributed by atoms with Gasteiger partial charge in [-0.2, -0.15) is 0 Å². The summed E-state index contributed by atoms with van der Waals surface area (Å²) in [5, 5.41) is 1.13. The molecule has 1 unspecified atom stereocenters. The van der Waals surface area contributed by atoms with Crippen molar-refractivity contribution in [3.63, 3.8) is 0 Å². The highest BCUT2D eigenvalue weighted by atomic mass is 16.5. The summed E-state index contributed by atoms with van der Waals surface area (Å²) in [6, 6.07) is 14.7. The highest BCUT2D eigenvalue weighted by molar-refractivity contribution is 5.84. The Morgan fingerprint density at radius 1 is 1.07 bits per heavy atom. The van der Waals surface area contributed by atoms with Gasteiger partial charge in [-0.1, -0.05) is 30.4 Å². The lowest BCUT2D eigenvalue weighted by molar-refractivity contribution is 0.0370. The molecule has 4 aromatic rings. The van der Waals surface area contributed by atoms with Crippen molar-refractivity contribution >= 4 is 22.1 Å². The van der Waals surface area contributed by atoms with E-state index >= 15 is 0 Å². The van der Waals surface area contributed by atoms with Crippen LogP contribution in [0.2, 0.25) is 0 Å². The first-order valence-electron chi connectivity index (χ1n) is 10.0. The minimum Gasteiger partial charge on any atom is -0.371 e. The van der Waals surface area contributed by atoms with Gasteiger partial charge in [0.2, 0.25) is 0 Å². The van der Waals surface area contributed by atoms with Gasteiger partial charge in [-0.3, -0.25) is 9.38 Å². The van der Waals surface area contributed by atoms with Crippen LogP contribution >= 0.6 is 0 Å². The fourth-order valence-electron chi connectivity index (χ4n) is 3.87. The van der Waals surface area contributed by atoms with Gasteiger partial charge < -0.3 is 4.74 Å². The molecule has 0 N–H and O–H groups in total. The number of pyridine rings is 2. The van der Waals surface area contributed by atoms with Crippen molar-refractivity contribution in [2.75, 3.05) is 0 Å². The van der Waals surface area contributed by atoms with Gasteiger partial charge >= 0.3 is 0 Å². The summed E-state index contributed by atoms with van der Waals surface area (Å²) in [4.78, 5) is 9.06. The van der Waals surface area contributed by atoms with Crippen LogP contribution in [-0.4, -0.2) is 26.6 Å². The van der Waals surface area contributed by atoms with Crippen molar-refractivity contribution in [1.29, 1.82) is 0 Å². The van der Waals surface area contributed by atoms with Gasteiger partial charge in [0, 0.05) is 23.3 Å². The molecule has 0 saturated carbocycles. The second kappa shape index (κ2) is 7.30. The van der Waals surface area contributed by atoms with Crippen molar-refractivity contribution in [3.8, 4) is 11.3 Å². The Kier molecular flexibility index (Phi) is 4.49. The van der Waals surface area contributed by atoms with Gasteiger partial charge in [-0.15, -0.1) is 0 Å². The number of aromatic nitrogens is 3. The number of ether oxygens (including phenoxy) is 1. The molecular weight excluding hydrogens is 358 g/mol. The van der Waals surface area contributed by atoms with Crippen LogP contribution in [0.1, 0.15) is 25.8 Å². The number of benzene rings is 1. The smallest absolute Gasteiger partial charge is 0.137 e. The van der Waals surface area contributed by atoms with Gasteiger partial charge in [-0.25, -0.2) is 4.98 Å². The Balaban J connectivity index is 1.46. The Morgan fingerprint density at radius 2 is 2.00 bits per heavy atom. The van der Waals surface area contributed by atoms with E-state index in [0.29, 0.717) is 0 Å². The van der Waals surface area contributed by atoms with E-state index in [1.807, 2.05) is 18.5 Å². The number of imidazole rings is 1. The second-order valence-electron chi connectivity index (χ2n) is 7.68. The Labute approximate surface area is 170 Å². The molecule has 29 heavy (non-hydrogen) atoms. The Bertz CT molecular complexity index is 1250. The molecule has 0 aliphatic heterocycles. The third kappa shape index (κ3) is 3.47. The maximum atomic E-state index is 5.88. The quantitative estimate of drug-likeness (QED) is 0.456. The molecule has 0 amide bonds. The number of rotatable bonds is 4. The zero-order valence-corrected chi connectivity index (χ0v) is 16.6. The molecule has 5 rings (SSSR count). The van der Waals surface area contributed by atoms with Crippen molar-refractivity contribution in [2.45, 2.75) is 32.5 Å². The van der Waals surface area contributed by atoms with E-state index in [2.05, 4.69) is 89.0 Å². The first-order valence-corrected chi connectivity index (χ1v) is 10.0. The van der Waals surface area contributed by atoms with E-state index in [9.17, 15) is 0 Å². The van der Waals surface area contributed by atoms with Crippen molar-refractivity contribution in [2.24, 2.45) is 0 Å². The number of allylic oxidation sites excluding steroid dienone is 2.